The first-order chi connectivity index (χ1) is 11.1. The largest absolute Gasteiger partial charge is 0.465 e. The van der Waals surface area contributed by atoms with Crippen LogP contribution in [0.2, 0.25) is 0 Å². The van der Waals surface area contributed by atoms with Gasteiger partial charge in [0, 0.05) is 13.2 Å². The molecule has 2 N–H and O–H groups in total. The standard InChI is InChI=1S/C16H22N2O5/c1-2-22-14-10-18(16(20)21)9-8-13(14)17-15(19)23-11-12-6-4-3-5-7-12/h3-7,13-14H,2,8-11H2,1H3,(H,17,19)(H,20,21)/t13-,14+/m0/s1. The summed E-state index contributed by atoms with van der Waals surface area (Å²) in [6.07, 6.45) is -1.36. The Hall–Kier alpha value is -2.28. The minimum absolute atomic E-state index is 0.194. The first kappa shape index (κ1) is 17.1. The Bertz CT molecular complexity index is 522. The van der Waals surface area contributed by atoms with E-state index in [1.165, 1.54) is 4.90 Å². The van der Waals surface area contributed by atoms with Crippen LogP contribution in [0.1, 0.15) is 18.9 Å². The van der Waals surface area contributed by atoms with Crippen LogP contribution in [0.4, 0.5) is 9.59 Å². The molecule has 1 fully saturated rings. The van der Waals surface area contributed by atoms with Crippen LogP contribution in [-0.4, -0.2) is 54.0 Å². The lowest BCUT2D eigenvalue weighted by Gasteiger charge is -2.36. The molecule has 0 aliphatic carbocycles. The van der Waals surface area contributed by atoms with Crippen LogP contribution >= 0.6 is 0 Å². The van der Waals surface area contributed by atoms with Gasteiger partial charge in [0.05, 0.1) is 18.7 Å². The van der Waals surface area contributed by atoms with Crippen LogP contribution < -0.4 is 5.32 Å². The molecule has 0 bridgehead atoms. The van der Waals surface area contributed by atoms with Gasteiger partial charge in [-0.1, -0.05) is 30.3 Å². The van der Waals surface area contributed by atoms with E-state index in [0.717, 1.165) is 5.56 Å². The molecule has 7 heteroatoms. The predicted molar refractivity (Wildman–Crippen MR) is 83.2 cm³/mol. The lowest BCUT2D eigenvalue weighted by Crippen LogP contribution is -2.56. The fraction of sp³-hybridized carbons (Fsp3) is 0.500. The number of amides is 2. The number of piperidine rings is 1. The fourth-order valence-electron chi connectivity index (χ4n) is 2.55. The summed E-state index contributed by atoms with van der Waals surface area (Å²) in [6, 6.07) is 9.15. The van der Waals surface area contributed by atoms with Gasteiger partial charge in [-0.2, -0.15) is 0 Å². The van der Waals surface area contributed by atoms with E-state index in [1.54, 1.807) is 0 Å². The highest BCUT2D eigenvalue weighted by Crippen LogP contribution is 2.15. The molecule has 1 aliphatic rings. The molecule has 0 saturated carbocycles. The Morgan fingerprint density at radius 3 is 2.74 bits per heavy atom. The summed E-state index contributed by atoms with van der Waals surface area (Å²) in [5.41, 5.74) is 0.907. The molecular weight excluding hydrogens is 300 g/mol. The molecule has 1 saturated heterocycles. The Labute approximate surface area is 135 Å². The van der Waals surface area contributed by atoms with Gasteiger partial charge in [0.1, 0.15) is 6.61 Å². The third kappa shape index (κ3) is 5.14. The molecule has 0 radical (unpaired) electrons. The van der Waals surface area contributed by atoms with Crippen molar-refractivity contribution in [2.45, 2.75) is 32.1 Å². The molecule has 0 spiro atoms. The van der Waals surface area contributed by atoms with E-state index >= 15 is 0 Å². The van der Waals surface area contributed by atoms with E-state index in [2.05, 4.69) is 5.32 Å². The van der Waals surface area contributed by atoms with Gasteiger partial charge in [0.2, 0.25) is 0 Å². The first-order valence-corrected chi connectivity index (χ1v) is 7.66. The molecule has 2 amide bonds. The summed E-state index contributed by atoms with van der Waals surface area (Å²) < 4.78 is 10.8. The number of rotatable bonds is 5. The average Bonchev–Trinajstić information content (AvgIpc) is 2.55. The molecule has 7 nitrogen and oxygen atoms in total. The summed E-state index contributed by atoms with van der Waals surface area (Å²) in [4.78, 5) is 24.3. The maximum absolute atomic E-state index is 11.9. The molecule has 23 heavy (non-hydrogen) atoms. The maximum Gasteiger partial charge on any atom is 0.407 e. The van der Waals surface area contributed by atoms with Crippen molar-refractivity contribution in [2.24, 2.45) is 0 Å². The van der Waals surface area contributed by atoms with Gasteiger partial charge in [-0.05, 0) is 18.9 Å². The Morgan fingerprint density at radius 2 is 2.09 bits per heavy atom. The summed E-state index contributed by atoms with van der Waals surface area (Å²) in [5.74, 6) is 0. The Kier molecular flexibility index (Phi) is 6.22. The van der Waals surface area contributed by atoms with Crippen molar-refractivity contribution in [2.75, 3.05) is 19.7 Å². The van der Waals surface area contributed by atoms with Gasteiger partial charge < -0.3 is 24.8 Å². The van der Waals surface area contributed by atoms with Gasteiger partial charge in [0.25, 0.3) is 0 Å². The highest BCUT2D eigenvalue weighted by Gasteiger charge is 2.33. The molecule has 1 aliphatic heterocycles. The van der Waals surface area contributed by atoms with E-state index in [-0.39, 0.29) is 25.3 Å². The predicted octanol–water partition coefficient (Wildman–Crippen LogP) is 2.07. The second-order valence-electron chi connectivity index (χ2n) is 5.32. The SMILES string of the molecule is CCO[C@@H]1CN(C(=O)O)CC[C@@H]1NC(=O)OCc1ccccc1. The Balaban J connectivity index is 1.84. The van der Waals surface area contributed by atoms with Crippen molar-refractivity contribution in [3.63, 3.8) is 0 Å². The zero-order valence-electron chi connectivity index (χ0n) is 13.1. The smallest absolute Gasteiger partial charge is 0.407 e. The minimum Gasteiger partial charge on any atom is -0.465 e. The second-order valence-corrected chi connectivity index (χ2v) is 5.32. The summed E-state index contributed by atoms with van der Waals surface area (Å²) in [7, 11) is 0. The highest BCUT2D eigenvalue weighted by atomic mass is 16.5. The van der Waals surface area contributed by atoms with Crippen LogP contribution in [0.3, 0.4) is 0 Å². The van der Waals surface area contributed by atoms with Crippen molar-refractivity contribution < 1.29 is 24.2 Å². The number of nitrogens with one attached hydrogen (secondary N) is 1. The minimum atomic E-state index is -0.972. The molecular formula is C16H22N2O5. The van der Waals surface area contributed by atoms with E-state index in [4.69, 9.17) is 14.6 Å². The number of carbonyl (C=O) groups excluding carboxylic acids is 1. The zero-order chi connectivity index (χ0) is 16.7. The van der Waals surface area contributed by atoms with E-state index < -0.39 is 12.2 Å². The van der Waals surface area contributed by atoms with E-state index in [1.807, 2.05) is 37.3 Å². The van der Waals surface area contributed by atoms with Crippen LogP contribution in [0.5, 0.6) is 0 Å². The van der Waals surface area contributed by atoms with Gasteiger partial charge in [0.15, 0.2) is 0 Å². The monoisotopic (exact) mass is 322 g/mol. The molecule has 0 aromatic heterocycles. The number of carbonyl (C=O) groups is 2. The quantitative estimate of drug-likeness (QED) is 0.866. The fourth-order valence-corrected chi connectivity index (χ4v) is 2.55. The number of carboxylic acid groups (broad SMARTS) is 1. The van der Waals surface area contributed by atoms with Gasteiger partial charge in [-0.3, -0.25) is 0 Å². The molecule has 2 rings (SSSR count). The third-order valence-corrected chi connectivity index (χ3v) is 3.73. The number of likely N-dealkylation sites (tertiary alicyclic amines) is 1. The third-order valence-electron chi connectivity index (χ3n) is 3.73. The normalized spacial score (nSPS) is 20.8. The highest BCUT2D eigenvalue weighted by molar-refractivity contribution is 5.68. The molecule has 126 valence electrons. The average molecular weight is 322 g/mol. The van der Waals surface area contributed by atoms with Crippen molar-refractivity contribution in [3.8, 4) is 0 Å². The van der Waals surface area contributed by atoms with Crippen LogP contribution in [-0.2, 0) is 16.1 Å². The zero-order valence-corrected chi connectivity index (χ0v) is 13.1. The number of hydrogen-bond donors (Lipinski definition) is 2. The molecule has 1 aromatic carbocycles. The number of nitrogens with zero attached hydrogens (tertiary/aromatic N) is 1. The van der Waals surface area contributed by atoms with Crippen LogP contribution in [0.15, 0.2) is 30.3 Å². The van der Waals surface area contributed by atoms with Crippen molar-refractivity contribution in [1.82, 2.24) is 10.2 Å². The van der Waals surface area contributed by atoms with Crippen molar-refractivity contribution >= 4 is 12.2 Å². The molecule has 2 atom stereocenters. The summed E-state index contributed by atoms with van der Waals surface area (Å²) in [6.45, 7) is 3.09. The van der Waals surface area contributed by atoms with Gasteiger partial charge in [-0.15, -0.1) is 0 Å². The number of hydrogen-bond acceptors (Lipinski definition) is 4. The van der Waals surface area contributed by atoms with Gasteiger partial charge >= 0.3 is 12.2 Å². The molecule has 1 aromatic rings. The van der Waals surface area contributed by atoms with Crippen LogP contribution in [0.25, 0.3) is 0 Å². The topological polar surface area (TPSA) is 88.1 Å². The van der Waals surface area contributed by atoms with Crippen molar-refractivity contribution in [3.05, 3.63) is 35.9 Å². The van der Waals surface area contributed by atoms with Crippen LogP contribution in [0, 0.1) is 0 Å². The number of benzene rings is 1. The lowest BCUT2D eigenvalue weighted by molar-refractivity contribution is -0.0125. The van der Waals surface area contributed by atoms with E-state index in [9.17, 15) is 9.59 Å². The van der Waals surface area contributed by atoms with E-state index in [0.29, 0.717) is 19.6 Å². The first-order valence-electron chi connectivity index (χ1n) is 7.66. The second kappa shape index (κ2) is 8.38. The molecule has 0 unspecified atom stereocenters. The number of alkyl carbamates (subject to hydrolysis) is 1. The summed E-state index contributed by atoms with van der Waals surface area (Å²) in [5, 5.41) is 11.8. The lowest BCUT2D eigenvalue weighted by atomic mass is 10.0. The van der Waals surface area contributed by atoms with Gasteiger partial charge in [-0.25, -0.2) is 9.59 Å². The maximum atomic E-state index is 11.9. The summed E-state index contributed by atoms with van der Waals surface area (Å²) >= 11 is 0. The molecule has 1 heterocycles. The Morgan fingerprint density at radius 1 is 1.35 bits per heavy atom. The number of ether oxygens (including phenoxy) is 2. The van der Waals surface area contributed by atoms with Crippen molar-refractivity contribution in [1.29, 1.82) is 0 Å².